The van der Waals surface area contributed by atoms with Crippen LogP contribution in [0.4, 0.5) is 0 Å². The number of hydrogen-bond acceptors (Lipinski definition) is 2. The highest BCUT2D eigenvalue weighted by Gasteiger charge is 2.46. The molecule has 0 spiro atoms. The van der Waals surface area contributed by atoms with Gasteiger partial charge < -0.3 is 9.53 Å². The van der Waals surface area contributed by atoms with Gasteiger partial charge in [-0.1, -0.05) is 47.6 Å². The van der Waals surface area contributed by atoms with Crippen LogP contribution in [0.2, 0.25) is 16.6 Å². The Kier molecular flexibility index (Phi) is 6.67. The number of hydrogen-bond donors (Lipinski definition) is 1. The molecule has 0 radical (unpaired) electrons. The number of rotatable bonds is 7. The van der Waals surface area contributed by atoms with Gasteiger partial charge in [0, 0.05) is 0 Å². The fourth-order valence-corrected chi connectivity index (χ4v) is 8.59. The zero-order valence-electron chi connectivity index (χ0n) is 12.5. The predicted octanol–water partition coefficient (Wildman–Crippen LogP) is 4.11. The summed E-state index contributed by atoms with van der Waals surface area (Å²) < 4.78 is 6.39. The van der Waals surface area contributed by atoms with Crippen LogP contribution in [-0.4, -0.2) is 25.6 Å². The van der Waals surface area contributed by atoms with E-state index in [0.29, 0.717) is 16.6 Å². The van der Waals surface area contributed by atoms with E-state index in [-0.39, 0.29) is 6.10 Å². The Balaban J connectivity index is 5.12. The lowest BCUT2D eigenvalue weighted by Gasteiger charge is -2.44. The van der Waals surface area contributed by atoms with Gasteiger partial charge >= 0.3 is 0 Å². The Morgan fingerprint density at radius 2 is 1.29 bits per heavy atom. The summed E-state index contributed by atoms with van der Waals surface area (Å²) in [5.41, 5.74) is 1.63. The lowest BCUT2D eigenvalue weighted by molar-refractivity contribution is 0.0663. The van der Waals surface area contributed by atoms with Crippen LogP contribution in [0.3, 0.4) is 0 Å². The molecule has 0 heterocycles. The molecule has 3 heteroatoms. The first-order valence-electron chi connectivity index (χ1n) is 6.68. The molecule has 0 aliphatic heterocycles. The third-order valence-electron chi connectivity index (χ3n) is 3.82. The van der Waals surface area contributed by atoms with Gasteiger partial charge in [0.25, 0.3) is 0 Å². The van der Waals surface area contributed by atoms with Crippen molar-refractivity contribution in [2.75, 3.05) is 0 Å². The fraction of sp³-hybridized carbons (Fsp3) is 0.857. The topological polar surface area (TPSA) is 29.5 Å². The van der Waals surface area contributed by atoms with Crippen molar-refractivity contribution in [3.05, 3.63) is 12.7 Å². The molecule has 102 valence electrons. The summed E-state index contributed by atoms with van der Waals surface area (Å²) in [7, 11) is -1.88. The molecule has 0 bridgehead atoms. The molecule has 0 aromatic carbocycles. The summed E-state index contributed by atoms with van der Waals surface area (Å²) in [6.45, 7) is 19.1. The average molecular weight is 258 g/mol. The molecule has 0 saturated carbocycles. The minimum atomic E-state index is -1.88. The molecule has 0 rings (SSSR count). The summed E-state index contributed by atoms with van der Waals surface area (Å²) in [5, 5.41) is 9.81. The third-order valence-corrected chi connectivity index (χ3v) is 10.0. The maximum absolute atomic E-state index is 9.81. The van der Waals surface area contributed by atoms with E-state index in [2.05, 4.69) is 48.1 Å². The molecule has 0 saturated heterocycles. The molecule has 17 heavy (non-hydrogen) atoms. The standard InChI is InChI=1S/C14H30O2Si/c1-9-14(15)13(8)16-17(10(2)3,11(4)5)12(6)7/h9-15H,1H2,2-8H3/t13-,14+/m0/s1. The highest BCUT2D eigenvalue weighted by molar-refractivity contribution is 6.77. The summed E-state index contributed by atoms with van der Waals surface area (Å²) >= 11 is 0. The van der Waals surface area contributed by atoms with Gasteiger partial charge in [0.1, 0.15) is 0 Å². The van der Waals surface area contributed by atoms with E-state index in [1.807, 2.05) is 6.92 Å². The molecule has 0 aromatic rings. The van der Waals surface area contributed by atoms with Gasteiger partial charge in [0.15, 0.2) is 0 Å². The summed E-state index contributed by atoms with van der Waals surface area (Å²) in [6, 6.07) is 0. The molecule has 0 amide bonds. The molecule has 0 unspecified atom stereocenters. The second-order valence-corrected chi connectivity index (χ2v) is 11.3. The van der Waals surface area contributed by atoms with Crippen LogP contribution < -0.4 is 0 Å². The number of aliphatic hydroxyl groups is 1. The summed E-state index contributed by atoms with van der Waals surface area (Å²) in [6.07, 6.45) is 0.828. The fourth-order valence-electron chi connectivity index (χ4n) is 2.99. The Morgan fingerprint density at radius 3 is 1.53 bits per heavy atom. The Morgan fingerprint density at radius 1 is 0.941 bits per heavy atom. The second kappa shape index (κ2) is 6.71. The van der Waals surface area contributed by atoms with Crippen LogP contribution in [0.15, 0.2) is 12.7 Å². The van der Waals surface area contributed by atoms with E-state index in [0.717, 1.165) is 0 Å². The second-order valence-electron chi connectivity index (χ2n) is 5.87. The lowest BCUT2D eigenvalue weighted by atomic mass is 10.2. The van der Waals surface area contributed by atoms with Crippen molar-refractivity contribution in [3.8, 4) is 0 Å². The van der Waals surface area contributed by atoms with Gasteiger partial charge in [-0.25, -0.2) is 0 Å². The Bertz CT molecular complexity index is 215. The molecule has 2 atom stereocenters. The molecule has 2 nitrogen and oxygen atoms in total. The van der Waals surface area contributed by atoms with Crippen LogP contribution in [-0.2, 0) is 4.43 Å². The largest absolute Gasteiger partial charge is 0.410 e. The van der Waals surface area contributed by atoms with E-state index in [4.69, 9.17) is 4.43 Å². The molecule has 0 aliphatic carbocycles. The smallest absolute Gasteiger partial charge is 0.200 e. The molecule has 0 aromatic heterocycles. The van der Waals surface area contributed by atoms with Crippen LogP contribution in [0.5, 0.6) is 0 Å². The predicted molar refractivity (Wildman–Crippen MR) is 77.8 cm³/mol. The van der Waals surface area contributed by atoms with Crippen LogP contribution in [0.25, 0.3) is 0 Å². The van der Waals surface area contributed by atoms with Crippen molar-refractivity contribution in [1.29, 1.82) is 0 Å². The number of aliphatic hydroxyl groups excluding tert-OH is 1. The van der Waals surface area contributed by atoms with Gasteiger partial charge in [-0.3, -0.25) is 0 Å². The maximum atomic E-state index is 9.81. The van der Waals surface area contributed by atoms with E-state index < -0.39 is 14.4 Å². The molecule has 0 aliphatic rings. The minimum absolute atomic E-state index is 0.161. The maximum Gasteiger partial charge on any atom is 0.200 e. The van der Waals surface area contributed by atoms with Gasteiger partial charge in [-0.15, -0.1) is 6.58 Å². The van der Waals surface area contributed by atoms with E-state index in [1.165, 1.54) is 0 Å². The monoisotopic (exact) mass is 258 g/mol. The summed E-state index contributed by atoms with van der Waals surface area (Å²) in [4.78, 5) is 0. The van der Waals surface area contributed by atoms with Gasteiger partial charge in [0.05, 0.1) is 12.2 Å². The van der Waals surface area contributed by atoms with Crippen molar-refractivity contribution < 1.29 is 9.53 Å². The van der Waals surface area contributed by atoms with Crippen molar-refractivity contribution >= 4 is 8.32 Å². The van der Waals surface area contributed by atoms with E-state index in [1.54, 1.807) is 6.08 Å². The molecule has 1 N–H and O–H groups in total. The highest BCUT2D eigenvalue weighted by atomic mass is 28.4. The zero-order chi connectivity index (χ0) is 13.8. The normalized spacial score (nSPS) is 16.6. The van der Waals surface area contributed by atoms with Crippen LogP contribution >= 0.6 is 0 Å². The first-order valence-corrected chi connectivity index (χ1v) is 8.82. The van der Waals surface area contributed by atoms with Crippen LogP contribution in [0, 0.1) is 0 Å². The highest BCUT2D eigenvalue weighted by Crippen LogP contribution is 2.43. The molecule has 0 fully saturated rings. The quantitative estimate of drug-likeness (QED) is 0.550. The minimum Gasteiger partial charge on any atom is -0.410 e. The van der Waals surface area contributed by atoms with E-state index in [9.17, 15) is 5.11 Å². The molecular formula is C14H30O2Si. The van der Waals surface area contributed by atoms with Crippen molar-refractivity contribution in [3.63, 3.8) is 0 Å². The van der Waals surface area contributed by atoms with Gasteiger partial charge in [-0.2, -0.15) is 0 Å². The van der Waals surface area contributed by atoms with Crippen molar-refractivity contribution in [2.24, 2.45) is 0 Å². The zero-order valence-corrected chi connectivity index (χ0v) is 13.5. The van der Waals surface area contributed by atoms with Crippen molar-refractivity contribution in [1.82, 2.24) is 0 Å². The lowest BCUT2D eigenvalue weighted by Crippen LogP contribution is -2.51. The van der Waals surface area contributed by atoms with Gasteiger partial charge in [-0.05, 0) is 23.5 Å². The Hall–Kier alpha value is -0.123. The molecular weight excluding hydrogens is 228 g/mol. The van der Waals surface area contributed by atoms with Crippen molar-refractivity contribution in [2.45, 2.75) is 77.3 Å². The first-order chi connectivity index (χ1) is 7.70. The SMILES string of the molecule is C=C[C@@H](O)[C@H](C)O[Si](C(C)C)(C(C)C)C(C)C. The first kappa shape index (κ1) is 16.9. The van der Waals surface area contributed by atoms with Gasteiger partial charge in [0.2, 0.25) is 8.32 Å². The average Bonchev–Trinajstić information content (AvgIpc) is 2.22. The van der Waals surface area contributed by atoms with E-state index >= 15 is 0 Å². The summed E-state index contributed by atoms with van der Waals surface area (Å²) in [5.74, 6) is 0. The Labute approximate surface area is 108 Å². The van der Waals surface area contributed by atoms with Crippen LogP contribution in [0.1, 0.15) is 48.5 Å². The third kappa shape index (κ3) is 3.67.